The summed E-state index contributed by atoms with van der Waals surface area (Å²) in [5, 5.41) is 0. The molecule has 0 aliphatic rings. The lowest BCUT2D eigenvalue weighted by molar-refractivity contribution is 0.309. The van der Waals surface area contributed by atoms with Gasteiger partial charge in [0.25, 0.3) is 0 Å². The second kappa shape index (κ2) is 10.0. The van der Waals surface area contributed by atoms with Crippen molar-refractivity contribution in [1.29, 1.82) is 0 Å². The Hall–Kier alpha value is -1.83. The number of hydrogen-bond donors (Lipinski definition) is 0. The summed E-state index contributed by atoms with van der Waals surface area (Å²) in [5.74, 6) is 0.877. The first kappa shape index (κ1) is 16.2. The van der Waals surface area contributed by atoms with E-state index in [1.54, 1.807) is 6.20 Å². The Morgan fingerprint density at radius 1 is 1.00 bits per heavy atom. The highest BCUT2D eigenvalue weighted by Crippen LogP contribution is 2.12. The van der Waals surface area contributed by atoms with Crippen molar-refractivity contribution in [1.82, 2.24) is 4.98 Å². The molecule has 20 heavy (non-hydrogen) atoms. The number of rotatable bonds is 6. The summed E-state index contributed by atoms with van der Waals surface area (Å²) in [4.78, 5) is 4.17. The fourth-order valence-corrected chi connectivity index (χ4v) is 1.85. The van der Waals surface area contributed by atoms with Gasteiger partial charge in [0.1, 0.15) is 5.75 Å². The number of pyridine rings is 1. The van der Waals surface area contributed by atoms with Gasteiger partial charge in [-0.2, -0.15) is 0 Å². The van der Waals surface area contributed by atoms with Crippen molar-refractivity contribution >= 4 is 0 Å². The Balaban J connectivity index is 0.000000956. The quantitative estimate of drug-likeness (QED) is 0.712. The van der Waals surface area contributed by atoms with Gasteiger partial charge in [0.2, 0.25) is 0 Å². The maximum absolute atomic E-state index is 5.71. The standard InChI is InChI=1S/C16H19NO.C2H6/c1-2-14-11-16(13-17-12-14)18-10-6-9-15-7-4-3-5-8-15;1-2/h3-5,7-8,11-13H,2,6,9-10H2,1H3;1-2H3. The van der Waals surface area contributed by atoms with Crippen LogP contribution in [0.25, 0.3) is 0 Å². The Bertz CT molecular complexity index is 468. The lowest BCUT2D eigenvalue weighted by Crippen LogP contribution is -2.00. The molecular weight excluding hydrogens is 246 g/mol. The minimum atomic E-state index is 0.740. The molecule has 0 radical (unpaired) electrons. The molecule has 0 atom stereocenters. The zero-order chi connectivity index (χ0) is 14.6. The molecule has 0 saturated heterocycles. The summed E-state index contributed by atoms with van der Waals surface area (Å²) in [6, 6.07) is 12.6. The molecule has 0 spiro atoms. The van der Waals surface area contributed by atoms with E-state index in [9.17, 15) is 0 Å². The van der Waals surface area contributed by atoms with E-state index >= 15 is 0 Å². The Labute approximate surface area is 122 Å². The zero-order valence-electron chi connectivity index (χ0n) is 12.8. The number of benzene rings is 1. The zero-order valence-corrected chi connectivity index (χ0v) is 12.8. The molecule has 1 aromatic carbocycles. The van der Waals surface area contributed by atoms with Crippen molar-refractivity contribution in [2.75, 3.05) is 6.61 Å². The fraction of sp³-hybridized carbons (Fsp3) is 0.389. The normalized spacial score (nSPS) is 9.55. The average molecular weight is 271 g/mol. The van der Waals surface area contributed by atoms with E-state index in [2.05, 4.69) is 42.2 Å². The van der Waals surface area contributed by atoms with Gasteiger partial charge < -0.3 is 4.74 Å². The van der Waals surface area contributed by atoms with Crippen LogP contribution in [0.5, 0.6) is 5.75 Å². The molecule has 0 N–H and O–H groups in total. The van der Waals surface area contributed by atoms with E-state index in [4.69, 9.17) is 4.74 Å². The molecule has 0 fully saturated rings. The van der Waals surface area contributed by atoms with E-state index < -0.39 is 0 Å². The third-order valence-corrected chi connectivity index (χ3v) is 2.90. The van der Waals surface area contributed by atoms with Gasteiger partial charge in [0.15, 0.2) is 0 Å². The molecule has 1 heterocycles. The molecule has 0 aliphatic carbocycles. The highest BCUT2D eigenvalue weighted by molar-refractivity contribution is 5.23. The van der Waals surface area contributed by atoms with Crippen LogP contribution in [0, 0.1) is 0 Å². The molecule has 2 nitrogen and oxygen atoms in total. The molecule has 2 aromatic rings. The van der Waals surface area contributed by atoms with Gasteiger partial charge in [-0.25, -0.2) is 0 Å². The second-order valence-corrected chi connectivity index (χ2v) is 4.32. The molecule has 2 rings (SSSR count). The van der Waals surface area contributed by atoms with Crippen LogP contribution in [-0.4, -0.2) is 11.6 Å². The molecule has 0 amide bonds. The number of nitrogens with zero attached hydrogens (tertiary/aromatic N) is 1. The van der Waals surface area contributed by atoms with E-state index in [1.807, 2.05) is 26.1 Å². The lowest BCUT2D eigenvalue weighted by atomic mass is 10.1. The summed E-state index contributed by atoms with van der Waals surface area (Å²) >= 11 is 0. The summed E-state index contributed by atoms with van der Waals surface area (Å²) in [6.07, 6.45) is 6.74. The average Bonchev–Trinajstić information content (AvgIpc) is 2.55. The summed E-state index contributed by atoms with van der Waals surface area (Å²) < 4.78 is 5.71. The lowest BCUT2D eigenvalue weighted by Gasteiger charge is -2.06. The highest BCUT2D eigenvalue weighted by Gasteiger charge is 1.97. The minimum absolute atomic E-state index is 0.740. The van der Waals surface area contributed by atoms with Crippen LogP contribution in [-0.2, 0) is 12.8 Å². The molecule has 1 aromatic heterocycles. The van der Waals surface area contributed by atoms with Gasteiger partial charge in [-0.1, -0.05) is 51.1 Å². The van der Waals surface area contributed by atoms with Crippen LogP contribution in [0.1, 0.15) is 38.3 Å². The molecular formula is C18H25NO. The van der Waals surface area contributed by atoms with Crippen LogP contribution in [0.3, 0.4) is 0 Å². The van der Waals surface area contributed by atoms with E-state index in [-0.39, 0.29) is 0 Å². The first-order valence-corrected chi connectivity index (χ1v) is 7.49. The predicted octanol–water partition coefficient (Wildman–Crippen LogP) is 4.68. The second-order valence-electron chi connectivity index (χ2n) is 4.32. The summed E-state index contributed by atoms with van der Waals surface area (Å²) in [6.45, 7) is 6.86. The van der Waals surface area contributed by atoms with Gasteiger partial charge in [0.05, 0.1) is 12.8 Å². The Kier molecular flexibility index (Phi) is 8.13. The van der Waals surface area contributed by atoms with Crippen LogP contribution in [0.4, 0.5) is 0 Å². The predicted molar refractivity (Wildman–Crippen MR) is 85.2 cm³/mol. The Morgan fingerprint density at radius 3 is 2.45 bits per heavy atom. The summed E-state index contributed by atoms with van der Waals surface area (Å²) in [5.41, 5.74) is 2.58. The van der Waals surface area contributed by atoms with E-state index in [0.717, 1.165) is 31.6 Å². The highest BCUT2D eigenvalue weighted by atomic mass is 16.5. The monoisotopic (exact) mass is 271 g/mol. The maximum atomic E-state index is 5.71. The van der Waals surface area contributed by atoms with Crippen molar-refractivity contribution in [3.8, 4) is 5.75 Å². The molecule has 0 aliphatic heterocycles. The molecule has 0 saturated carbocycles. The molecule has 0 bridgehead atoms. The molecule has 108 valence electrons. The van der Waals surface area contributed by atoms with Gasteiger partial charge in [-0.15, -0.1) is 0 Å². The fourth-order valence-electron chi connectivity index (χ4n) is 1.85. The third-order valence-electron chi connectivity index (χ3n) is 2.90. The van der Waals surface area contributed by atoms with Gasteiger partial charge in [-0.05, 0) is 36.5 Å². The van der Waals surface area contributed by atoms with Crippen LogP contribution >= 0.6 is 0 Å². The van der Waals surface area contributed by atoms with E-state index in [1.165, 1.54) is 11.1 Å². The first-order valence-electron chi connectivity index (χ1n) is 7.49. The SMILES string of the molecule is CC.CCc1cncc(OCCCc2ccccc2)c1. The van der Waals surface area contributed by atoms with E-state index in [0.29, 0.717) is 0 Å². The third kappa shape index (κ3) is 5.87. The smallest absolute Gasteiger partial charge is 0.137 e. The van der Waals surface area contributed by atoms with Crippen molar-refractivity contribution < 1.29 is 4.74 Å². The topological polar surface area (TPSA) is 22.1 Å². The Morgan fingerprint density at radius 2 is 1.75 bits per heavy atom. The van der Waals surface area contributed by atoms with Gasteiger partial charge in [0, 0.05) is 6.20 Å². The maximum Gasteiger partial charge on any atom is 0.137 e. The van der Waals surface area contributed by atoms with Crippen molar-refractivity contribution in [3.63, 3.8) is 0 Å². The van der Waals surface area contributed by atoms with Crippen molar-refractivity contribution in [3.05, 3.63) is 59.9 Å². The van der Waals surface area contributed by atoms with Gasteiger partial charge >= 0.3 is 0 Å². The number of aryl methyl sites for hydroxylation is 2. The van der Waals surface area contributed by atoms with Crippen molar-refractivity contribution in [2.45, 2.75) is 40.0 Å². The van der Waals surface area contributed by atoms with Crippen LogP contribution < -0.4 is 4.74 Å². The van der Waals surface area contributed by atoms with Crippen LogP contribution in [0.2, 0.25) is 0 Å². The van der Waals surface area contributed by atoms with Crippen LogP contribution in [0.15, 0.2) is 48.8 Å². The van der Waals surface area contributed by atoms with Crippen molar-refractivity contribution in [2.24, 2.45) is 0 Å². The number of aromatic nitrogens is 1. The largest absolute Gasteiger partial charge is 0.492 e. The number of ether oxygens (including phenoxy) is 1. The van der Waals surface area contributed by atoms with Gasteiger partial charge in [-0.3, -0.25) is 4.98 Å². The minimum Gasteiger partial charge on any atom is -0.492 e. The summed E-state index contributed by atoms with van der Waals surface area (Å²) in [7, 11) is 0. The molecule has 0 unspecified atom stereocenters. The first-order chi connectivity index (χ1) is 9.88. The molecule has 2 heteroatoms. The number of hydrogen-bond acceptors (Lipinski definition) is 2.